The molecule has 4 atom stereocenters. The largest absolute Gasteiger partial charge is 0.507 e. The summed E-state index contributed by atoms with van der Waals surface area (Å²) in [5.41, 5.74) is -3.79. The van der Waals surface area contributed by atoms with Gasteiger partial charge in [-0.2, -0.15) is 0 Å². The van der Waals surface area contributed by atoms with Crippen molar-refractivity contribution in [1.82, 2.24) is 0 Å². The van der Waals surface area contributed by atoms with Gasteiger partial charge in [0.15, 0.2) is 23.5 Å². The number of hydrogen-bond acceptors (Lipinski definition) is 10. The normalized spacial score (nSPS) is 29.3. The summed E-state index contributed by atoms with van der Waals surface area (Å²) in [6, 6.07) is 4.21. The van der Waals surface area contributed by atoms with Crippen LogP contribution >= 0.6 is 0 Å². The van der Waals surface area contributed by atoms with Crippen molar-refractivity contribution in [3.63, 3.8) is 0 Å². The number of cyclic esters (lactones) is 1. The second-order valence-corrected chi connectivity index (χ2v) is 11.2. The Hall–Kier alpha value is -4.93. The molecule has 0 amide bonds. The molecule has 1 spiro atoms. The maximum absolute atomic E-state index is 14.1. The van der Waals surface area contributed by atoms with E-state index >= 15 is 0 Å². The van der Waals surface area contributed by atoms with Gasteiger partial charge < -0.3 is 29.9 Å². The van der Waals surface area contributed by atoms with Crippen LogP contribution in [0, 0.1) is 12.3 Å². The summed E-state index contributed by atoms with van der Waals surface area (Å²) >= 11 is 0. The van der Waals surface area contributed by atoms with Gasteiger partial charge in [0.1, 0.15) is 28.6 Å². The number of aliphatic hydroxyl groups excluding tert-OH is 1. The standard InChI is InChI=1S/C30H22O11/c1-11-6-14-21(15(31)7-11)26(36)23-24(34)13-4-5-29(23,27(14)37)9-12-8-17-22(25(35)20(12)13)16(32)10-30(41-17,28(38)39)18-2-3-19(33)40-18/h4-8,13,18,31,35-36H,2-3,9-10H2,1H3,(H,38,39). The Morgan fingerprint density at radius 1 is 1.02 bits per heavy atom. The fraction of sp³-hybridized carbons (Fsp3) is 0.300. The van der Waals surface area contributed by atoms with Gasteiger partial charge in [0.05, 0.1) is 28.9 Å². The number of fused-ring (bicyclic) bond motifs is 2. The molecule has 0 aromatic heterocycles. The molecular weight excluding hydrogens is 536 g/mol. The summed E-state index contributed by atoms with van der Waals surface area (Å²) in [5.74, 6) is -7.13. The molecule has 1 fully saturated rings. The van der Waals surface area contributed by atoms with Gasteiger partial charge in [0.2, 0.25) is 5.60 Å². The summed E-state index contributed by atoms with van der Waals surface area (Å²) in [7, 11) is 0. The zero-order valence-corrected chi connectivity index (χ0v) is 21.5. The number of phenols is 2. The molecular formula is C30H22O11. The minimum Gasteiger partial charge on any atom is -0.507 e. The van der Waals surface area contributed by atoms with Crippen LogP contribution < -0.4 is 4.74 Å². The number of hydrogen-bond donors (Lipinski definition) is 4. The van der Waals surface area contributed by atoms with Crippen LogP contribution in [0.4, 0.5) is 0 Å². The van der Waals surface area contributed by atoms with Crippen LogP contribution in [0.3, 0.4) is 0 Å². The molecule has 41 heavy (non-hydrogen) atoms. The van der Waals surface area contributed by atoms with Crippen molar-refractivity contribution in [1.29, 1.82) is 0 Å². The summed E-state index contributed by atoms with van der Waals surface area (Å²) in [5, 5.41) is 43.4. The van der Waals surface area contributed by atoms with Crippen LogP contribution in [-0.2, 0) is 25.5 Å². The topological polar surface area (TPSA) is 185 Å². The Morgan fingerprint density at radius 2 is 1.78 bits per heavy atom. The number of carbonyl (C=O) groups is 5. The Labute approximate surface area is 231 Å². The number of Topliss-reactive ketones (excluding diaryl/α,β-unsaturated/α-hetero) is 3. The van der Waals surface area contributed by atoms with Gasteiger partial charge in [-0.1, -0.05) is 12.2 Å². The quantitative estimate of drug-likeness (QED) is 0.314. The molecule has 4 N–H and O–H groups in total. The number of carboxylic acids is 1. The van der Waals surface area contributed by atoms with Crippen molar-refractivity contribution in [2.45, 2.75) is 50.2 Å². The molecule has 2 aromatic carbocycles. The third-order valence-corrected chi connectivity index (χ3v) is 8.86. The molecule has 2 aliphatic heterocycles. The fourth-order valence-electron chi connectivity index (χ4n) is 7.04. The molecule has 2 heterocycles. The van der Waals surface area contributed by atoms with E-state index in [9.17, 15) is 44.4 Å². The minimum absolute atomic E-state index is 0.0158. The molecule has 11 heteroatoms. The van der Waals surface area contributed by atoms with Crippen LogP contribution in [0.25, 0.3) is 5.76 Å². The summed E-state index contributed by atoms with van der Waals surface area (Å²) in [6.45, 7) is 1.66. The highest BCUT2D eigenvalue weighted by atomic mass is 16.6. The smallest absolute Gasteiger partial charge is 0.352 e. The molecule has 0 radical (unpaired) electrons. The second-order valence-electron chi connectivity index (χ2n) is 11.2. The predicted molar refractivity (Wildman–Crippen MR) is 137 cm³/mol. The molecule has 4 unspecified atom stereocenters. The van der Waals surface area contributed by atoms with E-state index in [0.717, 1.165) is 0 Å². The van der Waals surface area contributed by atoms with Crippen molar-refractivity contribution in [2.75, 3.05) is 0 Å². The minimum atomic E-state index is -2.23. The third-order valence-electron chi connectivity index (χ3n) is 8.86. The number of esters is 1. The van der Waals surface area contributed by atoms with Gasteiger partial charge in [-0.25, -0.2) is 4.79 Å². The summed E-state index contributed by atoms with van der Waals surface area (Å²) in [4.78, 5) is 65.6. The average Bonchev–Trinajstić information content (AvgIpc) is 3.22. The lowest BCUT2D eigenvalue weighted by Crippen LogP contribution is -2.57. The van der Waals surface area contributed by atoms with E-state index in [2.05, 4.69) is 0 Å². The highest BCUT2D eigenvalue weighted by Gasteiger charge is 2.59. The molecule has 2 bridgehead atoms. The number of ketones is 3. The zero-order chi connectivity index (χ0) is 29.2. The Morgan fingerprint density at radius 3 is 2.46 bits per heavy atom. The lowest BCUT2D eigenvalue weighted by molar-refractivity contribution is -0.172. The van der Waals surface area contributed by atoms with Gasteiger partial charge in [-0.05, 0) is 49.1 Å². The number of carbonyl (C=O) groups excluding carboxylic acids is 4. The number of phenolic OH excluding ortho intramolecular Hbond substituents is 2. The SMILES string of the molecule is Cc1cc(O)c2c(c1)C(=O)C13C=CC(C(=O)C1=C2O)c1c(cc2c(c1O)C(=O)CC(C(=O)O)(C1CCC(=O)O1)O2)C3. The van der Waals surface area contributed by atoms with Crippen LogP contribution in [0.2, 0.25) is 0 Å². The van der Waals surface area contributed by atoms with E-state index in [1.807, 2.05) is 0 Å². The Bertz CT molecular complexity index is 1760. The number of carboxylic acid groups (broad SMARTS) is 1. The highest BCUT2D eigenvalue weighted by molar-refractivity contribution is 6.23. The Balaban J connectivity index is 1.43. The van der Waals surface area contributed by atoms with Crippen LogP contribution in [0.1, 0.15) is 68.2 Å². The van der Waals surface area contributed by atoms with Gasteiger partial charge >= 0.3 is 11.9 Å². The number of aromatic hydroxyl groups is 2. The maximum atomic E-state index is 14.1. The Kier molecular flexibility index (Phi) is 4.79. The third kappa shape index (κ3) is 3.00. The van der Waals surface area contributed by atoms with Gasteiger partial charge in [0.25, 0.3) is 0 Å². The predicted octanol–water partition coefficient (Wildman–Crippen LogP) is 2.83. The van der Waals surface area contributed by atoms with Gasteiger partial charge in [-0.15, -0.1) is 0 Å². The molecule has 4 aliphatic carbocycles. The first-order valence-electron chi connectivity index (χ1n) is 13.0. The van der Waals surface area contributed by atoms with Crippen molar-refractivity contribution in [3.05, 3.63) is 69.3 Å². The van der Waals surface area contributed by atoms with E-state index in [-0.39, 0.29) is 64.2 Å². The first-order valence-corrected chi connectivity index (χ1v) is 13.0. The van der Waals surface area contributed by atoms with Gasteiger partial charge in [0, 0.05) is 17.5 Å². The van der Waals surface area contributed by atoms with Crippen molar-refractivity contribution < 1.29 is 53.9 Å². The lowest BCUT2D eigenvalue weighted by atomic mass is 9.62. The molecule has 11 nitrogen and oxygen atoms in total. The number of benzene rings is 2. The molecule has 1 saturated heterocycles. The van der Waals surface area contributed by atoms with Crippen LogP contribution in [0.15, 0.2) is 35.9 Å². The molecule has 6 aliphatic rings. The van der Waals surface area contributed by atoms with Crippen molar-refractivity contribution in [3.8, 4) is 17.2 Å². The second kappa shape index (κ2) is 7.84. The van der Waals surface area contributed by atoms with Gasteiger partial charge in [-0.3, -0.25) is 19.2 Å². The molecule has 208 valence electrons. The van der Waals surface area contributed by atoms with Crippen LogP contribution in [-0.4, -0.2) is 61.4 Å². The van der Waals surface area contributed by atoms with Crippen molar-refractivity contribution >= 4 is 35.0 Å². The maximum Gasteiger partial charge on any atom is 0.352 e. The highest BCUT2D eigenvalue weighted by Crippen LogP contribution is 2.58. The number of aliphatic hydroxyl groups is 1. The van der Waals surface area contributed by atoms with E-state index in [4.69, 9.17) is 9.47 Å². The molecule has 0 saturated carbocycles. The monoisotopic (exact) mass is 558 g/mol. The number of allylic oxidation sites excluding steroid dienone is 3. The first-order chi connectivity index (χ1) is 19.4. The number of aliphatic carboxylic acids is 1. The lowest BCUT2D eigenvalue weighted by Gasteiger charge is -2.38. The number of rotatable bonds is 2. The summed E-state index contributed by atoms with van der Waals surface area (Å²) in [6.07, 6.45) is 0.707. The van der Waals surface area contributed by atoms with Crippen LogP contribution in [0.5, 0.6) is 17.2 Å². The van der Waals surface area contributed by atoms with E-state index in [0.29, 0.717) is 5.56 Å². The molecule has 8 rings (SSSR count). The van der Waals surface area contributed by atoms with Crippen molar-refractivity contribution in [2.24, 2.45) is 5.41 Å². The van der Waals surface area contributed by atoms with E-state index in [1.54, 1.807) is 6.92 Å². The first kappa shape index (κ1) is 25.1. The molecule has 2 aromatic rings. The fourth-order valence-corrected chi connectivity index (χ4v) is 7.04. The number of ether oxygens (including phenoxy) is 2. The zero-order valence-electron chi connectivity index (χ0n) is 21.5. The average molecular weight is 558 g/mol. The number of aryl methyl sites for hydroxylation is 1. The van der Waals surface area contributed by atoms with E-state index in [1.165, 1.54) is 30.4 Å². The van der Waals surface area contributed by atoms with E-state index < -0.39 is 70.3 Å². The summed E-state index contributed by atoms with van der Waals surface area (Å²) < 4.78 is 11.1.